The molecular formula is C15H22BrNO2. The molecule has 0 bridgehead atoms. The van der Waals surface area contributed by atoms with Crippen molar-refractivity contribution < 1.29 is 10.2 Å². The summed E-state index contributed by atoms with van der Waals surface area (Å²) in [6.45, 7) is 2.08. The highest BCUT2D eigenvalue weighted by Crippen LogP contribution is 2.31. The summed E-state index contributed by atoms with van der Waals surface area (Å²) in [6, 6.07) is 7.89. The van der Waals surface area contributed by atoms with E-state index in [2.05, 4.69) is 20.8 Å². The summed E-state index contributed by atoms with van der Waals surface area (Å²) in [4.78, 5) is 2.32. The van der Waals surface area contributed by atoms with Crippen LogP contribution in [0.5, 0.6) is 0 Å². The predicted molar refractivity (Wildman–Crippen MR) is 81.9 cm³/mol. The van der Waals surface area contributed by atoms with Crippen LogP contribution < -0.4 is 4.90 Å². The molecule has 19 heavy (non-hydrogen) atoms. The monoisotopic (exact) mass is 327 g/mol. The lowest BCUT2D eigenvalue weighted by Crippen LogP contribution is -2.31. The van der Waals surface area contributed by atoms with Crippen molar-refractivity contribution in [2.45, 2.75) is 37.9 Å². The number of anilines is 1. The van der Waals surface area contributed by atoms with Crippen LogP contribution in [0.15, 0.2) is 24.3 Å². The quantitative estimate of drug-likeness (QED) is 0.817. The molecule has 0 aromatic heterocycles. The maximum absolute atomic E-state index is 10.3. The lowest BCUT2D eigenvalue weighted by molar-refractivity contribution is 0.0176. The molecule has 0 amide bonds. The summed E-state index contributed by atoms with van der Waals surface area (Å²) in [5.41, 5.74) is 1.92. The second-order valence-electron chi connectivity index (χ2n) is 5.10. The van der Waals surface area contributed by atoms with Gasteiger partial charge in [0, 0.05) is 29.7 Å². The molecule has 1 saturated heterocycles. The van der Waals surface area contributed by atoms with Crippen molar-refractivity contribution >= 4 is 21.6 Å². The van der Waals surface area contributed by atoms with Crippen molar-refractivity contribution in [2.75, 3.05) is 23.3 Å². The molecule has 2 unspecified atom stereocenters. The highest BCUT2D eigenvalue weighted by Gasteiger charge is 2.23. The maximum atomic E-state index is 10.3. The largest absolute Gasteiger partial charge is 0.390 e. The maximum Gasteiger partial charge on any atom is 0.107 e. The van der Waals surface area contributed by atoms with Gasteiger partial charge in [0.25, 0.3) is 0 Å². The van der Waals surface area contributed by atoms with Gasteiger partial charge in [0.15, 0.2) is 0 Å². The Morgan fingerprint density at radius 2 is 1.79 bits per heavy atom. The summed E-state index contributed by atoms with van der Waals surface area (Å²) >= 11 is 3.30. The van der Waals surface area contributed by atoms with E-state index in [4.69, 9.17) is 0 Å². The Morgan fingerprint density at radius 3 is 2.47 bits per heavy atom. The van der Waals surface area contributed by atoms with Gasteiger partial charge in [-0.25, -0.2) is 0 Å². The second kappa shape index (κ2) is 7.27. The molecular weight excluding hydrogens is 306 g/mol. The van der Waals surface area contributed by atoms with E-state index in [1.807, 2.05) is 24.3 Å². The lowest BCUT2D eigenvalue weighted by Gasteiger charge is -2.32. The molecule has 0 radical (unpaired) electrons. The average Bonchev–Trinajstić information content (AvgIpc) is 2.47. The van der Waals surface area contributed by atoms with E-state index in [9.17, 15) is 10.2 Å². The minimum absolute atomic E-state index is 0.551. The van der Waals surface area contributed by atoms with Gasteiger partial charge in [-0.05, 0) is 31.7 Å². The van der Waals surface area contributed by atoms with Crippen molar-refractivity contribution in [3.05, 3.63) is 29.8 Å². The van der Waals surface area contributed by atoms with Gasteiger partial charge in [0.05, 0.1) is 6.10 Å². The number of alkyl halides is 1. The number of hydrogen-bond acceptors (Lipinski definition) is 3. The van der Waals surface area contributed by atoms with Gasteiger partial charge in [-0.2, -0.15) is 0 Å². The van der Waals surface area contributed by atoms with Gasteiger partial charge >= 0.3 is 0 Å². The van der Waals surface area contributed by atoms with Crippen LogP contribution in [0.25, 0.3) is 0 Å². The summed E-state index contributed by atoms with van der Waals surface area (Å²) in [6.07, 6.45) is 2.71. The van der Waals surface area contributed by atoms with Gasteiger partial charge in [-0.3, -0.25) is 0 Å². The number of rotatable bonds is 5. The molecule has 2 rings (SSSR count). The fourth-order valence-corrected chi connectivity index (χ4v) is 3.11. The number of benzene rings is 1. The molecule has 1 heterocycles. The molecule has 0 saturated carbocycles. The molecule has 1 aromatic carbocycles. The predicted octanol–water partition coefficient (Wildman–Crippen LogP) is 2.86. The van der Waals surface area contributed by atoms with E-state index in [1.165, 1.54) is 19.3 Å². The molecule has 1 aliphatic rings. The Bertz CT molecular complexity index is 393. The molecule has 3 nitrogen and oxygen atoms in total. The minimum Gasteiger partial charge on any atom is -0.390 e. The van der Waals surface area contributed by atoms with Crippen molar-refractivity contribution in [3.63, 3.8) is 0 Å². The zero-order chi connectivity index (χ0) is 13.7. The number of aliphatic hydroxyl groups is 2. The van der Waals surface area contributed by atoms with Crippen LogP contribution in [0.2, 0.25) is 0 Å². The first-order valence-corrected chi connectivity index (χ1v) is 8.12. The second-order valence-corrected chi connectivity index (χ2v) is 5.89. The molecule has 0 aliphatic carbocycles. The fourth-order valence-electron chi connectivity index (χ4n) is 2.64. The van der Waals surface area contributed by atoms with Crippen LogP contribution in [-0.2, 0) is 0 Å². The van der Waals surface area contributed by atoms with Crippen molar-refractivity contribution in [2.24, 2.45) is 0 Å². The average molecular weight is 328 g/mol. The number of piperidine rings is 1. The third kappa shape index (κ3) is 3.71. The minimum atomic E-state index is -0.810. The number of nitrogens with zero attached hydrogens (tertiary/aromatic N) is 1. The van der Waals surface area contributed by atoms with Crippen molar-refractivity contribution in [1.29, 1.82) is 0 Å². The van der Waals surface area contributed by atoms with Gasteiger partial charge in [0.1, 0.15) is 6.10 Å². The molecule has 1 aliphatic heterocycles. The van der Waals surface area contributed by atoms with Gasteiger partial charge in [-0.1, -0.05) is 34.1 Å². The standard InChI is InChI=1S/C15H22BrNO2/c16-9-8-14(18)15(19)12-6-2-3-7-13(12)17-10-4-1-5-11-17/h2-3,6-7,14-15,18-19H,1,4-5,8-11H2. The summed E-state index contributed by atoms with van der Waals surface area (Å²) in [7, 11) is 0. The van der Waals surface area contributed by atoms with E-state index < -0.39 is 12.2 Å². The van der Waals surface area contributed by atoms with Gasteiger partial charge in [-0.15, -0.1) is 0 Å². The zero-order valence-electron chi connectivity index (χ0n) is 11.1. The first kappa shape index (κ1) is 14.8. The summed E-state index contributed by atoms with van der Waals surface area (Å²) < 4.78 is 0. The Labute approximate surface area is 123 Å². The number of para-hydroxylation sites is 1. The highest BCUT2D eigenvalue weighted by atomic mass is 79.9. The third-order valence-electron chi connectivity index (χ3n) is 3.72. The topological polar surface area (TPSA) is 43.7 Å². The summed E-state index contributed by atoms with van der Waals surface area (Å²) in [5, 5.41) is 21.0. The van der Waals surface area contributed by atoms with E-state index in [-0.39, 0.29) is 0 Å². The van der Waals surface area contributed by atoms with Crippen LogP contribution in [0, 0.1) is 0 Å². The normalized spacial score (nSPS) is 19.2. The van der Waals surface area contributed by atoms with Gasteiger partial charge < -0.3 is 15.1 Å². The Balaban J connectivity index is 2.19. The van der Waals surface area contributed by atoms with Gasteiger partial charge in [0.2, 0.25) is 0 Å². The van der Waals surface area contributed by atoms with Crippen LogP contribution in [-0.4, -0.2) is 34.7 Å². The number of hydrogen-bond donors (Lipinski definition) is 2. The molecule has 1 aromatic rings. The van der Waals surface area contributed by atoms with Crippen LogP contribution in [0.1, 0.15) is 37.4 Å². The van der Waals surface area contributed by atoms with Crippen LogP contribution >= 0.6 is 15.9 Å². The number of halogens is 1. The summed E-state index contributed by atoms with van der Waals surface area (Å²) in [5.74, 6) is 0. The lowest BCUT2D eigenvalue weighted by atomic mass is 9.99. The van der Waals surface area contributed by atoms with E-state index in [1.54, 1.807) is 0 Å². The first-order valence-electron chi connectivity index (χ1n) is 7.00. The SMILES string of the molecule is OC(CCBr)C(O)c1ccccc1N1CCCCC1. The van der Waals surface area contributed by atoms with Crippen molar-refractivity contribution in [3.8, 4) is 0 Å². The van der Waals surface area contributed by atoms with E-state index in [0.29, 0.717) is 11.8 Å². The van der Waals surface area contributed by atoms with Crippen LogP contribution in [0.3, 0.4) is 0 Å². The molecule has 2 atom stereocenters. The zero-order valence-corrected chi connectivity index (χ0v) is 12.7. The Hall–Kier alpha value is -0.580. The number of aliphatic hydroxyl groups excluding tert-OH is 2. The highest BCUT2D eigenvalue weighted by molar-refractivity contribution is 9.09. The smallest absolute Gasteiger partial charge is 0.107 e. The molecule has 4 heteroatoms. The van der Waals surface area contributed by atoms with E-state index in [0.717, 1.165) is 24.3 Å². The van der Waals surface area contributed by atoms with E-state index >= 15 is 0 Å². The molecule has 1 fully saturated rings. The third-order valence-corrected chi connectivity index (χ3v) is 4.18. The molecule has 106 valence electrons. The first-order chi connectivity index (χ1) is 9.24. The van der Waals surface area contributed by atoms with Crippen LogP contribution in [0.4, 0.5) is 5.69 Å². The Morgan fingerprint density at radius 1 is 1.11 bits per heavy atom. The molecule has 0 spiro atoms. The van der Waals surface area contributed by atoms with Crippen molar-refractivity contribution in [1.82, 2.24) is 0 Å². The Kier molecular flexibility index (Phi) is 5.67. The molecule has 2 N–H and O–H groups in total. The fraction of sp³-hybridized carbons (Fsp3) is 0.600.